The minimum Gasteiger partial charge on any atom is -0.485 e. The highest BCUT2D eigenvalue weighted by atomic mass is 19.1. The van der Waals surface area contributed by atoms with Gasteiger partial charge in [-0.05, 0) is 36.2 Å². The van der Waals surface area contributed by atoms with Gasteiger partial charge in [0.25, 0.3) is 5.91 Å². The Kier molecular flexibility index (Phi) is 3.96. The highest BCUT2D eigenvalue weighted by Crippen LogP contribution is 2.30. The summed E-state index contributed by atoms with van der Waals surface area (Å²) in [4.78, 5) is 12.1. The lowest BCUT2D eigenvalue weighted by Gasteiger charge is -2.25. The zero-order chi connectivity index (χ0) is 15.5. The second-order valence-electron chi connectivity index (χ2n) is 5.17. The van der Waals surface area contributed by atoms with Gasteiger partial charge in [0, 0.05) is 6.54 Å². The van der Waals surface area contributed by atoms with Gasteiger partial charge < -0.3 is 14.8 Å². The molecule has 114 valence electrons. The molecule has 1 amide bonds. The summed E-state index contributed by atoms with van der Waals surface area (Å²) in [6, 6.07) is 12.1. The van der Waals surface area contributed by atoms with Crippen LogP contribution < -0.4 is 14.8 Å². The van der Waals surface area contributed by atoms with Crippen molar-refractivity contribution in [2.24, 2.45) is 0 Å². The molecule has 5 heteroatoms. The Labute approximate surface area is 127 Å². The van der Waals surface area contributed by atoms with E-state index in [1.807, 2.05) is 12.1 Å². The number of hydrogen-bond donors (Lipinski definition) is 1. The van der Waals surface area contributed by atoms with Gasteiger partial charge in [0.1, 0.15) is 12.4 Å². The molecule has 0 bridgehead atoms. The van der Waals surface area contributed by atoms with E-state index in [1.54, 1.807) is 31.2 Å². The third-order valence-electron chi connectivity index (χ3n) is 3.50. The third kappa shape index (κ3) is 3.03. The summed E-state index contributed by atoms with van der Waals surface area (Å²) >= 11 is 0. The lowest BCUT2D eigenvalue weighted by atomic mass is 10.1. The van der Waals surface area contributed by atoms with Crippen molar-refractivity contribution < 1.29 is 18.7 Å². The number of aryl methyl sites for hydroxylation is 1. The second-order valence-corrected chi connectivity index (χ2v) is 5.17. The molecule has 1 heterocycles. The van der Waals surface area contributed by atoms with Crippen LogP contribution in [0.15, 0.2) is 42.5 Å². The maximum absolute atomic E-state index is 13.5. The van der Waals surface area contributed by atoms with Crippen molar-refractivity contribution in [1.29, 1.82) is 0 Å². The molecule has 0 aromatic heterocycles. The topological polar surface area (TPSA) is 47.6 Å². The summed E-state index contributed by atoms with van der Waals surface area (Å²) in [5, 5.41) is 2.74. The number of para-hydroxylation sites is 2. The number of fused-ring (bicyclic) bond motifs is 1. The van der Waals surface area contributed by atoms with Crippen molar-refractivity contribution >= 4 is 5.91 Å². The Morgan fingerprint density at radius 2 is 2.05 bits per heavy atom. The van der Waals surface area contributed by atoms with E-state index in [-0.39, 0.29) is 24.9 Å². The normalized spacial score (nSPS) is 16.2. The van der Waals surface area contributed by atoms with Gasteiger partial charge in [-0.3, -0.25) is 4.79 Å². The number of nitrogens with one attached hydrogen (secondary N) is 1. The average Bonchev–Trinajstić information content (AvgIpc) is 2.55. The molecule has 0 radical (unpaired) electrons. The monoisotopic (exact) mass is 301 g/mol. The summed E-state index contributed by atoms with van der Waals surface area (Å²) in [5.41, 5.74) is 1.28. The quantitative estimate of drug-likeness (QED) is 0.948. The lowest BCUT2D eigenvalue weighted by molar-refractivity contribution is -0.130. The van der Waals surface area contributed by atoms with E-state index >= 15 is 0 Å². The van der Waals surface area contributed by atoms with Gasteiger partial charge in [0.15, 0.2) is 11.5 Å². The molecule has 2 aromatic rings. The Morgan fingerprint density at radius 3 is 2.82 bits per heavy atom. The number of halogens is 1. The minimum absolute atomic E-state index is 0.158. The fourth-order valence-electron chi connectivity index (χ4n) is 2.20. The minimum atomic E-state index is -0.704. The van der Waals surface area contributed by atoms with E-state index in [9.17, 15) is 9.18 Å². The average molecular weight is 301 g/mol. The van der Waals surface area contributed by atoms with Crippen LogP contribution in [0.2, 0.25) is 0 Å². The number of rotatable bonds is 3. The van der Waals surface area contributed by atoms with E-state index in [0.29, 0.717) is 22.6 Å². The fourth-order valence-corrected chi connectivity index (χ4v) is 2.20. The molecule has 0 aliphatic carbocycles. The van der Waals surface area contributed by atoms with Gasteiger partial charge >= 0.3 is 0 Å². The summed E-state index contributed by atoms with van der Waals surface area (Å²) in [5.74, 6) is 0.621. The van der Waals surface area contributed by atoms with Gasteiger partial charge in [-0.2, -0.15) is 0 Å². The maximum atomic E-state index is 13.5. The molecule has 0 saturated heterocycles. The number of benzene rings is 2. The first-order valence-electron chi connectivity index (χ1n) is 7.05. The van der Waals surface area contributed by atoms with Crippen LogP contribution in [0.1, 0.15) is 11.1 Å². The second kappa shape index (κ2) is 6.05. The highest BCUT2D eigenvalue weighted by molar-refractivity contribution is 5.81. The number of ether oxygens (including phenoxy) is 2. The van der Waals surface area contributed by atoms with Gasteiger partial charge in [-0.1, -0.05) is 24.3 Å². The molecule has 22 heavy (non-hydrogen) atoms. The van der Waals surface area contributed by atoms with Crippen molar-refractivity contribution in [3.63, 3.8) is 0 Å². The molecule has 1 N–H and O–H groups in total. The first-order chi connectivity index (χ1) is 10.6. The van der Waals surface area contributed by atoms with E-state index in [4.69, 9.17) is 9.47 Å². The fraction of sp³-hybridized carbons (Fsp3) is 0.235. The zero-order valence-corrected chi connectivity index (χ0v) is 12.1. The SMILES string of the molecule is Cc1ccc(CNC(=O)C2COc3ccccc3O2)cc1F. The van der Waals surface area contributed by atoms with E-state index < -0.39 is 6.10 Å². The Morgan fingerprint density at radius 1 is 1.27 bits per heavy atom. The molecule has 0 saturated carbocycles. The molecular weight excluding hydrogens is 285 g/mol. The van der Waals surface area contributed by atoms with Crippen LogP contribution in [-0.2, 0) is 11.3 Å². The predicted octanol–water partition coefficient (Wildman–Crippen LogP) is 2.59. The van der Waals surface area contributed by atoms with Gasteiger partial charge in [0.05, 0.1) is 0 Å². The Bertz CT molecular complexity index is 702. The summed E-state index contributed by atoms with van der Waals surface area (Å²) in [6.07, 6.45) is -0.704. The molecule has 2 aromatic carbocycles. The van der Waals surface area contributed by atoms with Crippen molar-refractivity contribution in [2.75, 3.05) is 6.61 Å². The maximum Gasteiger partial charge on any atom is 0.264 e. The van der Waals surface area contributed by atoms with Gasteiger partial charge in [0.2, 0.25) is 6.10 Å². The molecule has 3 rings (SSSR count). The van der Waals surface area contributed by atoms with Crippen molar-refractivity contribution in [2.45, 2.75) is 19.6 Å². The van der Waals surface area contributed by atoms with E-state index in [1.165, 1.54) is 6.07 Å². The Balaban J connectivity index is 1.60. The lowest BCUT2D eigenvalue weighted by Crippen LogP contribution is -2.43. The molecule has 1 atom stereocenters. The van der Waals surface area contributed by atoms with E-state index in [2.05, 4.69) is 5.32 Å². The van der Waals surface area contributed by atoms with Crippen LogP contribution in [0.4, 0.5) is 4.39 Å². The van der Waals surface area contributed by atoms with Crippen molar-refractivity contribution in [1.82, 2.24) is 5.32 Å². The zero-order valence-electron chi connectivity index (χ0n) is 12.1. The molecule has 0 fully saturated rings. The van der Waals surface area contributed by atoms with Crippen LogP contribution in [-0.4, -0.2) is 18.6 Å². The summed E-state index contributed by atoms with van der Waals surface area (Å²) in [7, 11) is 0. The molecule has 1 aliphatic rings. The Hall–Kier alpha value is -2.56. The standard InChI is InChI=1S/C17H16FNO3/c1-11-6-7-12(8-13(11)18)9-19-17(20)16-10-21-14-4-2-3-5-15(14)22-16/h2-8,16H,9-10H2,1H3,(H,19,20). The molecular formula is C17H16FNO3. The van der Waals surface area contributed by atoms with Crippen molar-refractivity contribution in [3.05, 3.63) is 59.4 Å². The molecule has 4 nitrogen and oxygen atoms in total. The predicted molar refractivity (Wildman–Crippen MR) is 79.3 cm³/mol. The molecule has 0 spiro atoms. The van der Waals surface area contributed by atoms with Crippen molar-refractivity contribution in [3.8, 4) is 11.5 Å². The summed E-state index contributed by atoms with van der Waals surface area (Å²) in [6.45, 7) is 2.10. The smallest absolute Gasteiger partial charge is 0.264 e. The van der Waals surface area contributed by atoms with Crippen LogP contribution in [0, 0.1) is 12.7 Å². The first-order valence-corrected chi connectivity index (χ1v) is 7.05. The molecule has 1 aliphatic heterocycles. The van der Waals surface area contributed by atoms with Gasteiger partial charge in [-0.25, -0.2) is 4.39 Å². The summed E-state index contributed by atoms with van der Waals surface area (Å²) < 4.78 is 24.6. The first kappa shape index (κ1) is 14.4. The third-order valence-corrected chi connectivity index (χ3v) is 3.50. The number of hydrogen-bond acceptors (Lipinski definition) is 3. The number of carbonyl (C=O) groups is 1. The van der Waals surface area contributed by atoms with Crippen LogP contribution in [0.5, 0.6) is 11.5 Å². The van der Waals surface area contributed by atoms with Crippen LogP contribution in [0.25, 0.3) is 0 Å². The van der Waals surface area contributed by atoms with Gasteiger partial charge in [-0.15, -0.1) is 0 Å². The highest BCUT2D eigenvalue weighted by Gasteiger charge is 2.26. The van der Waals surface area contributed by atoms with Crippen LogP contribution in [0.3, 0.4) is 0 Å². The number of amides is 1. The molecule has 1 unspecified atom stereocenters. The van der Waals surface area contributed by atoms with Crippen LogP contribution >= 0.6 is 0 Å². The largest absolute Gasteiger partial charge is 0.485 e. The van der Waals surface area contributed by atoms with E-state index in [0.717, 1.165) is 0 Å². The number of carbonyl (C=O) groups excluding carboxylic acids is 1.